The Balaban J connectivity index is 1.64. The minimum absolute atomic E-state index is 0.158. The number of hydrogen-bond acceptors (Lipinski definition) is 4. The van der Waals surface area contributed by atoms with E-state index in [-0.39, 0.29) is 11.5 Å². The van der Waals surface area contributed by atoms with E-state index in [0.717, 1.165) is 56.6 Å². The lowest BCUT2D eigenvalue weighted by Gasteiger charge is -2.43. The number of aliphatic hydroxyl groups is 1. The van der Waals surface area contributed by atoms with E-state index in [9.17, 15) is 5.11 Å². The predicted molar refractivity (Wildman–Crippen MR) is 79.9 cm³/mol. The summed E-state index contributed by atoms with van der Waals surface area (Å²) < 4.78 is 11.6. The zero-order valence-electron chi connectivity index (χ0n) is 12.3. The second-order valence-electron chi connectivity index (χ2n) is 6.86. The fourth-order valence-electron chi connectivity index (χ4n) is 4.43. The van der Waals surface area contributed by atoms with Crippen LogP contribution in [0, 0.1) is 5.92 Å². The summed E-state index contributed by atoms with van der Waals surface area (Å²) in [6.45, 7) is 2.17. The molecule has 3 atom stereocenters. The molecule has 4 nitrogen and oxygen atoms in total. The number of ether oxygens (including phenoxy) is 2. The Bertz CT molecular complexity index is 553. The third kappa shape index (κ3) is 2.08. The molecule has 2 heterocycles. The molecule has 3 unspecified atom stereocenters. The molecule has 2 saturated heterocycles. The first kappa shape index (κ1) is 13.6. The molecular formula is C17H23NO3. The van der Waals surface area contributed by atoms with E-state index in [2.05, 4.69) is 0 Å². The fraction of sp³-hybridized carbons (Fsp3) is 0.647. The lowest BCUT2D eigenvalue weighted by atomic mass is 9.73. The lowest BCUT2D eigenvalue weighted by Crippen LogP contribution is -2.47. The molecule has 0 amide bonds. The van der Waals surface area contributed by atoms with Crippen LogP contribution in [0.5, 0.6) is 0 Å². The molecule has 1 aliphatic carbocycles. The highest BCUT2D eigenvalue weighted by Gasteiger charge is 2.50. The van der Waals surface area contributed by atoms with E-state index in [1.807, 2.05) is 18.2 Å². The molecule has 2 fully saturated rings. The normalized spacial score (nSPS) is 38.8. The molecule has 1 spiro atoms. The molecular weight excluding hydrogens is 266 g/mol. The van der Waals surface area contributed by atoms with E-state index >= 15 is 0 Å². The van der Waals surface area contributed by atoms with Crippen LogP contribution in [-0.4, -0.2) is 30.5 Å². The van der Waals surface area contributed by atoms with E-state index in [1.54, 1.807) is 0 Å². The number of rotatable bonds is 1. The Morgan fingerprint density at radius 3 is 2.95 bits per heavy atom. The van der Waals surface area contributed by atoms with Crippen LogP contribution in [0.3, 0.4) is 0 Å². The highest BCUT2D eigenvalue weighted by molar-refractivity contribution is 5.49. The Hall–Kier alpha value is -1.10. The Morgan fingerprint density at radius 1 is 1.24 bits per heavy atom. The summed E-state index contributed by atoms with van der Waals surface area (Å²) in [6.07, 6.45) is 4.48. The van der Waals surface area contributed by atoms with Gasteiger partial charge in [-0.05, 0) is 54.9 Å². The number of nitrogens with two attached hydrogens (primary N) is 1. The van der Waals surface area contributed by atoms with E-state index in [0.29, 0.717) is 6.61 Å². The maximum absolute atomic E-state index is 11.4. The molecule has 2 aliphatic heterocycles. The quantitative estimate of drug-likeness (QED) is 0.776. The first-order chi connectivity index (χ1) is 10.1. The molecule has 1 aromatic carbocycles. The van der Waals surface area contributed by atoms with E-state index < -0.39 is 5.60 Å². The van der Waals surface area contributed by atoms with Crippen LogP contribution in [0.25, 0.3) is 0 Å². The van der Waals surface area contributed by atoms with Crippen molar-refractivity contribution in [3.05, 3.63) is 29.3 Å². The summed E-state index contributed by atoms with van der Waals surface area (Å²) in [5.41, 5.74) is 8.07. The van der Waals surface area contributed by atoms with Crippen LogP contribution in [0.2, 0.25) is 0 Å². The summed E-state index contributed by atoms with van der Waals surface area (Å²) in [5, 5.41) is 11.4. The monoisotopic (exact) mass is 289 g/mol. The van der Waals surface area contributed by atoms with Crippen molar-refractivity contribution < 1.29 is 14.6 Å². The molecule has 3 N–H and O–H groups in total. The maximum Gasteiger partial charge on any atom is 0.0940 e. The van der Waals surface area contributed by atoms with Crippen molar-refractivity contribution in [1.82, 2.24) is 0 Å². The average Bonchev–Trinajstić information content (AvgIpc) is 3.05. The molecule has 3 aliphatic rings. The first-order valence-corrected chi connectivity index (χ1v) is 7.94. The zero-order chi connectivity index (χ0) is 14.5. The van der Waals surface area contributed by atoms with Gasteiger partial charge in [0.15, 0.2) is 0 Å². The Morgan fingerprint density at radius 2 is 2.14 bits per heavy atom. The minimum atomic E-state index is -0.720. The van der Waals surface area contributed by atoms with Crippen LogP contribution in [-0.2, 0) is 21.5 Å². The van der Waals surface area contributed by atoms with Gasteiger partial charge in [-0.2, -0.15) is 0 Å². The molecule has 0 aromatic heterocycles. The van der Waals surface area contributed by atoms with Crippen molar-refractivity contribution in [2.75, 3.05) is 25.6 Å². The smallest absolute Gasteiger partial charge is 0.0940 e. The second-order valence-corrected chi connectivity index (χ2v) is 6.86. The van der Waals surface area contributed by atoms with Crippen molar-refractivity contribution in [2.45, 2.75) is 43.3 Å². The standard InChI is InChI=1S/C17H23NO3/c18-14-1-2-15-12(9-14)3-5-17(15,19)13-4-7-21-16(10-13)6-8-20-11-16/h1-2,9,13,19H,3-8,10-11,18H2. The SMILES string of the molecule is Nc1ccc2c(c1)CCC2(O)C1CCOC2(CCOC2)C1. The molecule has 1 aromatic rings. The predicted octanol–water partition coefficient (Wildman–Crippen LogP) is 1.99. The number of nitrogen functional groups attached to an aromatic ring is 1. The highest BCUT2D eigenvalue weighted by Crippen LogP contribution is 2.49. The molecule has 0 saturated carbocycles. The van der Waals surface area contributed by atoms with Gasteiger partial charge in [-0.25, -0.2) is 0 Å². The average molecular weight is 289 g/mol. The highest BCUT2D eigenvalue weighted by atomic mass is 16.6. The van der Waals surface area contributed by atoms with Crippen LogP contribution in [0.15, 0.2) is 18.2 Å². The zero-order valence-corrected chi connectivity index (χ0v) is 12.3. The molecule has 4 rings (SSSR count). The fourth-order valence-corrected chi connectivity index (χ4v) is 4.43. The summed E-state index contributed by atoms with van der Waals surface area (Å²) in [5.74, 6) is 0.248. The van der Waals surface area contributed by atoms with Crippen LogP contribution in [0.1, 0.15) is 36.8 Å². The number of anilines is 1. The third-order valence-corrected chi connectivity index (χ3v) is 5.61. The van der Waals surface area contributed by atoms with Gasteiger partial charge in [-0.3, -0.25) is 0 Å². The van der Waals surface area contributed by atoms with Crippen LogP contribution < -0.4 is 5.73 Å². The van der Waals surface area contributed by atoms with Crippen LogP contribution >= 0.6 is 0 Å². The number of benzene rings is 1. The van der Waals surface area contributed by atoms with Gasteiger partial charge in [0.05, 0.1) is 17.8 Å². The molecule has 0 radical (unpaired) electrons. The van der Waals surface area contributed by atoms with Gasteiger partial charge in [0.1, 0.15) is 0 Å². The first-order valence-electron chi connectivity index (χ1n) is 7.94. The topological polar surface area (TPSA) is 64.7 Å². The van der Waals surface area contributed by atoms with E-state index in [4.69, 9.17) is 15.2 Å². The molecule has 0 bridgehead atoms. The Kier molecular flexibility index (Phi) is 3.03. The van der Waals surface area contributed by atoms with Gasteiger partial charge in [-0.1, -0.05) is 6.07 Å². The summed E-state index contributed by atoms with van der Waals surface area (Å²) in [7, 11) is 0. The minimum Gasteiger partial charge on any atom is -0.399 e. The summed E-state index contributed by atoms with van der Waals surface area (Å²) >= 11 is 0. The number of fused-ring (bicyclic) bond motifs is 1. The van der Waals surface area contributed by atoms with Crippen molar-refractivity contribution in [2.24, 2.45) is 5.92 Å². The van der Waals surface area contributed by atoms with Crippen molar-refractivity contribution in [1.29, 1.82) is 0 Å². The number of aryl methyl sites for hydroxylation is 1. The maximum atomic E-state index is 11.4. The summed E-state index contributed by atoms with van der Waals surface area (Å²) in [4.78, 5) is 0. The second kappa shape index (κ2) is 4.70. The van der Waals surface area contributed by atoms with E-state index in [1.165, 1.54) is 5.56 Å². The van der Waals surface area contributed by atoms with Gasteiger partial charge >= 0.3 is 0 Å². The summed E-state index contributed by atoms with van der Waals surface area (Å²) in [6, 6.07) is 5.94. The molecule has 114 valence electrons. The van der Waals surface area contributed by atoms with Gasteiger partial charge in [0, 0.05) is 25.3 Å². The molecule has 21 heavy (non-hydrogen) atoms. The van der Waals surface area contributed by atoms with Gasteiger partial charge in [0.2, 0.25) is 0 Å². The van der Waals surface area contributed by atoms with Crippen LogP contribution in [0.4, 0.5) is 5.69 Å². The van der Waals surface area contributed by atoms with Crippen molar-refractivity contribution >= 4 is 5.69 Å². The van der Waals surface area contributed by atoms with Gasteiger partial charge < -0.3 is 20.3 Å². The number of hydrogen-bond donors (Lipinski definition) is 2. The van der Waals surface area contributed by atoms with Crippen molar-refractivity contribution in [3.8, 4) is 0 Å². The largest absolute Gasteiger partial charge is 0.399 e. The lowest BCUT2D eigenvalue weighted by molar-refractivity contribution is -0.145. The van der Waals surface area contributed by atoms with Gasteiger partial charge in [-0.15, -0.1) is 0 Å². The van der Waals surface area contributed by atoms with Gasteiger partial charge in [0.25, 0.3) is 0 Å². The third-order valence-electron chi connectivity index (χ3n) is 5.61. The Labute approximate surface area is 125 Å². The molecule has 4 heteroatoms. The van der Waals surface area contributed by atoms with Crippen molar-refractivity contribution in [3.63, 3.8) is 0 Å².